The first kappa shape index (κ1) is 19.8. The molecule has 1 heterocycles. The number of anilines is 1. The van der Waals surface area contributed by atoms with Gasteiger partial charge in [0.1, 0.15) is 0 Å². The van der Waals surface area contributed by atoms with Crippen molar-refractivity contribution >= 4 is 21.6 Å². The lowest BCUT2D eigenvalue weighted by Gasteiger charge is -2.28. The third kappa shape index (κ3) is 3.96. The number of nitrogens with zero attached hydrogens (tertiary/aromatic N) is 2. The molecule has 1 aliphatic heterocycles. The van der Waals surface area contributed by atoms with Crippen LogP contribution in [0, 0.1) is 11.3 Å². The Bertz CT molecular complexity index is 1230. The molecule has 30 heavy (non-hydrogen) atoms. The lowest BCUT2D eigenvalue weighted by molar-refractivity contribution is 0.102. The second-order valence-corrected chi connectivity index (χ2v) is 8.97. The predicted octanol–water partition coefficient (Wildman–Crippen LogP) is 3.56. The summed E-state index contributed by atoms with van der Waals surface area (Å²) in [6.45, 7) is 0.675. The van der Waals surface area contributed by atoms with Crippen LogP contribution in [0.1, 0.15) is 27.0 Å². The van der Waals surface area contributed by atoms with E-state index in [0.717, 1.165) is 11.1 Å². The van der Waals surface area contributed by atoms with Crippen LogP contribution in [0.25, 0.3) is 0 Å². The summed E-state index contributed by atoms with van der Waals surface area (Å²) in [6, 6.07) is 22.4. The molecule has 3 aromatic rings. The molecule has 0 atom stereocenters. The van der Waals surface area contributed by atoms with Crippen molar-refractivity contribution < 1.29 is 13.2 Å². The van der Waals surface area contributed by atoms with Crippen LogP contribution in [-0.2, 0) is 23.0 Å². The van der Waals surface area contributed by atoms with Gasteiger partial charge in [-0.15, -0.1) is 0 Å². The fourth-order valence-electron chi connectivity index (χ4n) is 3.46. The van der Waals surface area contributed by atoms with E-state index in [-0.39, 0.29) is 17.3 Å². The molecule has 7 heteroatoms. The van der Waals surface area contributed by atoms with E-state index >= 15 is 0 Å². The van der Waals surface area contributed by atoms with E-state index in [1.165, 1.54) is 4.31 Å². The molecule has 0 saturated carbocycles. The standard InChI is InChI=1S/C23H19N3O3S/c24-15-17-6-8-19(9-7-17)23(27)25-21-11-10-18-12-13-26(16-20(18)14-21)30(28,29)22-4-2-1-3-5-22/h1-11,14H,12-13,16H2,(H,25,27). The van der Waals surface area contributed by atoms with Crippen molar-refractivity contribution in [3.8, 4) is 6.07 Å². The number of amides is 1. The number of fused-ring (bicyclic) bond motifs is 1. The monoisotopic (exact) mass is 417 g/mol. The number of hydrogen-bond acceptors (Lipinski definition) is 4. The summed E-state index contributed by atoms with van der Waals surface area (Å²) in [7, 11) is -3.57. The van der Waals surface area contributed by atoms with Gasteiger partial charge in [-0.2, -0.15) is 9.57 Å². The third-order valence-corrected chi connectivity index (χ3v) is 6.96. The average Bonchev–Trinajstić information content (AvgIpc) is 2.79. The molecule has 0 radical (unpaired) electrons. The van der Waals surface area contributed by atoms with E-state index in [4.69, 9.17) is 5.26 Å². The fourth-order valence-corrected chi connectivity index (χ4v) is 4.89. The zero-order valence-electron chi connectivity index (χ0n) is 16.1. The molecule has 0 spiro atoms. The van der Waals surface area contributed by atoms with Gasteiger partial charge in [0.2, 0.25) is 10.0 Å². The van der Waals surface area contributed by atoms with Gasteiger partial charge in [0.25, 0.3) is 5.91 Å². The molecular formula is C23H19N3O3S. The summed E-state index contributed by atoms with van der Waals surface area (Å²) in [5, 5.41) is 11.7. The fraction of sp³-hybridized carbons (Fsp3) is 0.130. The quantitative estimate of drug-likeness (QED) is 0.703. The van der Waals surface area contributed by atoms with Crippen LogP contribution >= 0.6 is 0 Å². The Balaban J connectivity index is 1.53. The van der Waals surface area contributed by atoms with E-state index in [0.29, 0.717) is 29.8 Å². The van der Waals surface area contributed by atoms with Crippen molar-refractivity contribution in [3.63, 3.8) is 0 Å². The van der Waals surface area contributed by atoms with Crippen molar-refractivity contribution in [3.05, 3.63) is 95.1 Å². The molecule has 1 amide bonds. The SMILES string of the molecule is N#Cc1ccc(C(=O)Nc2ccc3c(c2)CN(S(=O)(=O)c2ccccc2)CC3)cc1. The minimum Gasteiger partial charge on any atom is -0.322 e. The van der Waals surface area contributed by atoms with Gasteiger partial charge in [-0.3, -0.25) is 4.79 Å². The summed E-state index contributed by atoms with van der Waals surface area (Å²) in [5.74, 6) is -0.288. The minimum absolute atomic E-state index is 0.257. The largest absolute Gasteiger partial charge is 0.322 e. The highest BCUT2D eigenvalue weighted by atomic mass is 32.2. The van der Waals surface area contributed by atoms with E-state index in [2.05, 4.69) is 5.32 Å². The van der Waals surface area contributed by atoms with E-state index in [9.17, 15) is 13.2 Å². The Morgan fingerprint density at radius 1 is 0.967 bits per heavy atom. The lowest BCUT2D eigenvalue weighted by atomic mass is 10.0. The Morgan fingerprint density at radius 2 is 1.70 bits per heavy atom. The molecule has 6 nitrogen and oxygen atoms in total. The first-order valence-electron chi connectivity index (χ1n) is 9.46. The molecule has 0 aliphatic carbocycles. The molecule has 150 valence electrons. The highest BCUT2D eigenvalue weighted by molar-refractivity contribution is 7.89. The molecule has 4 rings (SSSR count). The average molecular weight is 417 g/mol. The van der Waals surface area contributed by atoms with Crippen LogP contribution in [0.5, 0.6) is 0 Å². The lowest BCUT2D eigenvalue weighted by Crippen LogP contribution is -2.36. The number of nitriles is 1. The number of hydrogen-bond donors (Lipinski definition) is 1. The van der Waals surface area contributed by atoms with Crippen molar-refractivity contribution in [2.75, 3.05) is 11.9 Å². The minimum atomic E-state index is -3.57. The third-order valence-electron chi connectivity index (χ3n) is 5.10. The van der Waals surface area contributed by atoms with E-state index in [1.54, 1.807) is 54.6 Å². The van der Waals surface area contributed by atoms with Gasteiger partial charge in [-0.25, -0.2) is 8.42 Å². The zero-order valence-corrected chi connectivity index (χ0v) is 16.9. The van der Waals surface area contributed by atoms with Crippen LogP contribution in [-0.4, -0.2) is 25.2 Å². The molecule has 0 bridgehead atoms. The van der Waals surface area contributed by atoms with Gasteiger partial charge in [0, 0.05) is 24.3 Å². The molecule has 0 saturated heterocycles. The van der Waals surface area contributed by atoms with Crippen LogP contribution in [0.15, 0.2) is 77.7 Å². The first-order valence-corrected chi connectivity index (χ1v) is 10.9. The van der Waals surface area contributed by atoms with Gasteiger partial charge in [-0.05, 0) is 66.1 Å². The number of rotatable bonds is 4. The highest BCUT2D eigenvalue weighted by Gasteiger charge is 2.28. The van der Waals surface area contributed by atoms with E-state index in [1.807, 2.05) is 24.3 Å². The maximum Gasteiger partial charge on any atom is 0.255 e. The van der Waals surface area contributed by atoms with Crippen LogP contribution in [0.4, 0.5) is 5.69 Å². The summed E-state index contributed by atoms with van der Waals surface area (Å²) in [4.78, 5) is 12.8. The summed E-state index contributed by atoms with van der Waals surface area (Å²) < 4.78 is 27.3. The van der Waals surface area contributed by atoms with Crippen molar-refractivity contribution in [2.24, 2.45) is 0 Å². The maximum atomic E-state index is 12.9. The summed E-state index contributed by atoms with van der Waals surface area (Å²) >= 11 is 0. The normalized spacial score (nSPS) is 13.8. The first-order chi connectivity index (χ1) is 14.5. The number of carbonyl (C=O) groups is 1. The van der Waals surface area contributed by atoms with Crippen molar-refractivity contribution in [1.82, 2.24) is 4.31 Å². The number of sulfonamides is 1. The maximum absolute atomic E-state index is 12.9. The molecule has 3 aromatic carbocycles. The second-order valence-electron chi connectivity index (χ2n) is 7.03. The number of nitrogens with one attached hydrogen (secondary N) is 1. The van der Waals surface area contributed by atoms with Crippen LogP contribution in [0.3, 0.4) is 0 Å². The van der Waals surface area contributed by atoms with Gasteiger partial charge in [0.15, 0.2) is 0 Å². The Hall–Kier alpha value is -3.47. The molecular weight excluding hydrogens is 398 g/mol. The number of benzene rings is 3. The Morgan fingerprint density at radius 3 is 2.40 bits per heavy atom. The van der Waals surface area contributed by atoms with Crippen LogP contribution < -0.4 is 5.32 Å². The van der Waals surface area contributed by atoms with E-state index < -0.39 is 10.0 Å². The van der Waals surface area contributed by atoms with Crippen molar-refractivity contribution in [2.45, 2.75) is 17.9 Å². The highest BCUT2D eigenvalue weighted by Crippen LogP contribution is 2.27. The summed E-state index contributed by atoms with van der Waals surface area (Å²) in [6.07, 6.45) is 0.616. The molecule has 1 N–H and O–H groups in total. The second kappa shape index (κ2) is 8.11. The van der Waals surface area contributed by atoms with Gasteiger partial charge in [-0.1, -0.05) is 24.3 Å². The molecule has 0 fully saturated rings. The molecule has 0 aromatic heterocycles. The van der Waals surface area contributed by atoms with Crippen molar-refractivity contribution in [1.29, 1.82) is 5.26 Å². The Kier molecular flexibility index (Phi) is 5.36. The molecule has 1 aliphatic rings. The van der Waals surface area contributed by atoms with Gasteiger partial charge in [0.05, 0.1) is 16.5 Å². The zero-order chi connectivity index (χ0) is 21.1. The molecule has 0 unspecified atom stereocenters. The van der Waals surface area contributed by atoms with Gasteiger partial charge >= 0.3 is 0 Å². The van der Waals surface area contributed by atoms with Gasteiger partial charge < -0.3 is 5.32 Å². The Labute approximate surface area is 175 Å². The van der Waals surface area contributed by atoms with Crippen LogP contribution in [0.2, 0.25) is 0 Å². The number of carbonyl (C=O) groups excluding carboxylic acids is 1. The predicted molar refractivity (Wildman–Crippen MR) is 113 cm³/mol. The topological polar surface area (TPSA) is 90.3 Å². The smallest absolute Gasteiger partial charge is 0.255 e. The summed E-state index contributed by atoms with van der Waals surface area (Å²) in [5.41, 5.74) is 3.48.